The number of pyridine rings is 1. The van der Waals surface area contributed by atoms with Crippen molar-refractivity contribution >= 4 is 34.2 Å². The van der Waals surface area contributed by atoms with E-state index in [9.17, 15) is 13.2 Å². The van der Waals surface area contributed by atoms with Crippen LogP contribution in [0.25, 0.3) is 0 Å². The van der Waals surface area contributed by atoms with Gasteiger partial charge in [0, 0.05) is 0 Å². The first-order chi connectivity index (χ1) is 6.38. The minimum atomic E-state index is -4.37. The van der Waals surface area contributed by atoms with Crippen molar-refractivity contribution in [2.24, 2.45) is 0 Å². The highest BCUT2D eigenvalue weighted by Gasteiger charge is 2.28. The van der Waals surface area contributed by atoms with Crippen LogP contribution in [-0.2, 0) is 0 Å². The number of nitrogens with zero attached hydrogens (tertiary/aromatic N) is 1. The molecule has 0 unspecified atom stereocenters. The molecular weight excluding hydrogens is 333 g/mol. The Labute approximate surface area is 96.6 Å². The predicted molar refractivity (Wildman–Crippen MR) is 53.5 cm³/mol. The first-order valence-electron chi connectivity index (χ1n) is 3.40. The summed E-state index contributed by atoms with van der Waals surface area (Å²) in [6.45, 7) is -1.37. The number of hydrogen-bond acceptors (Lipinski definition) is 2. The molecule has 0 aliphatic carbocycles. The Balaban J connectivity index is 2.68. The van der Waals surface area contributed by atoms with Gasteiger partial charge in [0.15, 0.2) is 17.5 Å². The van der Waals surface area contributed by atoms with E-state index >= 15 is 0 Å². The van der Waals surface area contributed by atoms with Gasteiger partial charge in [0.2, 0.25) is 0 Å². The van der Waals surface area contributed by atoms with Gasteiger partial charge in [-0.1, -0.05) is 11.6 Å². The Bertz CT molecular complexity index is 331. The molecule has 0 N–H and O–H groups in total. The lowest BCUT2D eigenvalue weighted by molar-refractivity contribution is -0.153. The van der Waals surface area contributed by atoms with Gasteiger partial charge in [-0.15, -0.1) is 0 Å². The Morgan fingerprint density at radius 3 is 2.57 bits per heavy atom. The van der Waals surface area contributed by atoms with E-state index in [1.807, 2.05) is 22.6 Å². The molecule has 7 heteroatoms. The molecule has 0 fully saturated rings. The van der Waals surface area contributed by atoms with E-state index in [0.717, 1.165) is 0 Å². The molecule has 78 valence electrons. The second kappa shape index (κ2) is 4.52. The number of aromatic nitrogens is 1. The van der Waals surface area contributed by atoms with Gasteiger partial charge >= 0.3 is 6.18 Å². The van der Waals surface area contributed by atoms with Crippen LogP contribution < -0.4 is 4.74 Å². The summed E-state index contributed by atoms with van der Waals surface area (Å²) >= 11 is 7.44. The van der Waals surface area contributed by atoms with E-state index in [1.54, 1.807) is 0 Å². The molecule has 2 nitrogen and oxygen atoms in total. The van der Waals surface area contributed by atoms with Crippen LogP contribution in [0.1, 0.15) is 0 Å². The van der Waals surface area contributed by atoms with E-state index in [1.165, 1.54) is 12.1 Å². The number of halogens is 5. The molecular formula is C7H4ClF3INO. The van der Waals surface area contributed by atoms with Crippen molar-refractivity contribution in [2.75, 3.05) is 6.61 Å². The van der Waals surface area contributed by atoms with Crippen LogP contribution in [0.3, 0.4) is 0 Å². The molecule has 14 heavy (non-hydrogen) atoms. The summed E-state index contributed by atoms with van der Waals surface area (Å²) in [5.74, 6) is -0.0654. The molecule has 1 aromatic rings. The zero-order chi connectivity index (χ0) is 10.8. The number of ether oxygens (including phenoxy) is 1. The van der Waals surface area contributed by atoms with Crippen LogP contribution in [-0.4, -0.2) is 17.8 Å². The molecule has 0 saturated heterocycles. The van der Waals surface area contributed by atoms with E-state index in [0.29, 0.717) is 3.70 Å². The SMILES string of the molecule is FC(F)(F)COc1ccc(I)nc1Cl. The average molecular weight is 337 g/mol. The van der Waals surface area contributed by atoms with Crippen LogP contribution >= 0.6 is 34.2 Å². The van der Waals surface area contributed by atoms with Crippen molar-refractivity contribution in [3.63, 3.8) is 0 Å². The van der Waals surface area contributed by atoms with Crippen molar-refractivity contribution in [2.45, 2.75) is 6.18 Å². The monoisotopic (exact) mass is 337 g/mol. The summed E-state index contributed by atoms with van der Waals surface area (Å²) in [7, 11) is 0. The first-order valence-corrected chi connectivity index (χ1v) is 4.86. The van der Waals surface area contributed by atoms with Crippen molar-refractivity contribution < 1.29 is 17.9 Å². The van der Waals surface area contributed by atoms with Crippen LogP contribution in [0, 0.1) is 3.70 Å². The van der Waals surface area contributed by atoms with Crippen LogP contribution in [0.4, 0.5) is 13.2 Å². The minimum Gasteiger partial charge on any atom is -0.481 e. The Morgan fingerprint density at radius 2 is 2.07 bits per heavy atom. The van der Waals surface area contributed by atoms with E-state index in [4.69, 9.17) is 11.6 Å². The normalized spacial score (nSPS) is 11.5. The zero-order valence-corrected chi connectivity index (χ0v) is 9.52. The third-order valence-electron chi connectivity index (χ3n) is 1.17. The highest BCUT2D eigenvalue weighted by Crippen LogP contribution is 2.25. The molecule has 1 heterocycles. The molecule has 0 aliphatic rings. The van der Waals surface area contributed by atoms with E-state index in [-0.39, 0.29) is 10.9 Å². The van der Waals surface area contributed by atoms with E-state index in [2.05, 4.69) is 9.72 Å². The highest BCUT2D eigenvalue weighted by molar-refractivity contribution is 14.1. The van der Waals surface area contributed by atoms with Crippen molar-refractivity contribution in [3.8, 4) is 5.75 Å². The number of rotatable bonds is 2. The van der Waals surface area contributed by atoms with Gasteiger partial charge in [-0.25, -0.2) is 4.98 Å². The molecule has 0 aromatic carbocycles. The Morgan fingerprint density at radius 1 is 1.43 bits per heavy atom. The maximum Gasteiger partial charge on any atom is 0.422 e. The lowest BCUT2D eigenvalue weighted by Gasteiger charge is -2.09. The fraction of sp³-hybridized carbons (Fsp3) is 0.286. The second-order valence-corrected chi connectivity index (χ2v) is 3.79. The quantitative estimate of drug-likeness (QED) is 0.610. The molecule has 0 radical (unpaired) electrons. The van der Waals surface area contributed by atoms with Gasteiger partial charge < -0.3 is 4.74 Å². The van der Waals surface area contributed by atoms with Gasteiger partial charge in [-0.3, -0.25) is 0 Å². The molecule has 0 saturated carbocycles. The molecule has 1 aromatic heterocycles. The van der Waals surface area contributed by atoms with Crippen LogP contribution in [0.2, 0.25) is 5.15 Å². The van der Waals surface area contributed by atoms with Crippen LogP contribution in [0.5, 0.6) is 5.75 Å². The molecule has 0 atom stereocenters. The maximum absolute atomic E-state index is 11.8. The largest absolute Gasteiger partial charge is 0.481 e. The van der Waals surface area contributed by atoms with Gasteiger partial charge in [-0.05, 0) is 34.7 Å². The second-order valence-electron chi connectivity index (χ2n) is 2.33. The van der Waals surface area contributed by atoms with Gasteiger partial charge in [-0.2, -0.15) is 13.2 Å². The van der Waals surface area contributed by atoms with Crippen molar-refractivity contribution in [1.29, 1.82) is 0 Å². The third-order valence-corrected chi connectivity index (χ3v) is 2.04. The van der Waals surface area contributed by atoms with Gasteiger partial charge in [0.1, 0.15) is 3.70 Å². The fourth-order valence-corrected chi connectivity index (χ4v) is 1.44. The lowest BCUT2D eigenvalue weighted by Crippen LogP contribution is -2.19. The Hall–Kier alpha value is -0.240. The van der Waals surface area contributed by atoms with Crippen molar-refractivity contribution in [1.82, 2.24) is 4.98 Å². The maximum atomic E-state index is 11.8. The fourth-order valence-electron chi connectivity index (χ4n) is 0.667. The molecule has 0 aliphatic heterocycles. The van der Waals surface area contributed by atoms with Gasteiger partial charge in [0.25, 0.3) is 0 Å². The molecule has 1 rings (SSSR count). The molecule has 0 spiro atoms. The topological polar surface area (TPSA) is 22.1 Å². The van der Waals surface area contributed by atoms with Crippen LogP contribution in [0.15, 0.2) is 12.1 Å². The summed E-state index contributed by atoms with van der Waals surface area (Å²) in [4.78, 5) is 3.73. The minimum absolute atomic E-state index is 0.0654. The third kappa shape index (κ3) is 3.87. The van der Waals surface area contributed by atoms with E-state index < -0.39 is 12.8 Å². The first kappa shape index (κ1) is 11.8. The number of hydrogen-bond donors (Lipinski definition) is 0. The zero-order valence-electron chi connectivity index (χ0n) is 6.61. The smallest absolute Gasteiger partial charge is 0.422 e. The Kier molecular flexibility index (Phi) is 3.82. The highest BCUT2D eigenvalue weighted by atomic mass is 127. The molecule has 0 bridgehead atoms. The van der Waals surface area contributed by atoms with Crippen molar-refractivity contribution in [3.05, 3.63) is 21.0 Å². The van der Waals surface area contributed by atoms with Gasteiger partial charge in [0.05, 0.1) is 0 Å². The average Bonchev–Trinajstić information content (AvgIpc) is 2.00. The predicted octanol–water partition coefficient (Wildman–Crippen LogP) is 3.28. The standard InChI is InChI=1S/C7H4ClF3INO/c8-6-4(1-2-5(12)13-6)14-3-7(9,10)11/h1-2H,3H2. The summed E-state index contributed by atoms with van der Waals surface area (Å²) < 4.78 is 40.3. The summed E-state index contributed by atoms with van der Waals surface area (Å²) in [6.07, 6.45) is -4.37. The number of alkyl halides is 3. The summed E-state index contributed by atoms with van der Waals surface area (Å²) in [6, 6.07) is 2.86. The summed E-state index contributed by atoms with van der Waals surface area (Å²) in [5.41, 5.74) is 0. The lowest BCUT2D eigenvalue weighted by atomic mass is 10.5. The molecule has 0 amide bonds. The summed E-state index contributed by atoms with van der Waals surface area (Å²) in [5, 5.41) is -0.0684.